The molecule has 0 aliphatic carbocycles. The number of nitrogens with zero attached hydrogens (tertiary/aromatic N) is 3. The van der Waals surface area contributed by atoms with Crippen molar-refractivity contribution in [3.05, 3.63) is 64.0 Å². The third-order valence-corrected chi connectivity index (χ3v) is 7.73. The number of fused-ring (bicyclic) bond motifs is 1. The molecule has 2 aliphatic rings. The molecule has 1 unspecified atom stereocenters. The molecule has 1 saturated heterocycles. The van der Waals surface area contributed by atoms with Crippen LogP contribution in [0.2, 0.25) is 0 Å². The Balaban J connectivity index is 1.54. The zero-order valence-electron chi connectivity index (χ0n) is 16.7. The highest BCUT2D eigenvalue weighted by Gasteiger charge is 2.36. The summed E-state index contributed by atoms with van der Waals surface area (Å²) in [5, 5.41) is 10.8. The Hall–Kier alpha value is -2.85. The van der Waals surface area contributed by atoms with Crippen LogP contribution in [-0.4, -0.2) is 43.2 Å². The number of sulfonamides is 1. The number of non-ortho nitro benzene ring substituents is 1. The molecule has 10 heteroatoms. The predicted octanol–water partition coefficient (Wildman–Crippen LogP) is 3.11. The highest BCUT2D eigenvalue weighted by atomic mass is 32.2. The van der Waals surface area contributed by atoms with Gasteiger partial charge >= 0.3 is 0 Å². The summed E-state index contributed by atoms with van der Waals surface area (Å²) in [6.45, 7) is 0.772. The summed E-state index contributed by atoms with van der Waals surface area (Å²) in [7, 11) is -3.89. The number of carbonyl (C=O) groups is 1. The van der Waals surface area contributed by atoms with Crippen molar-refractivity contribution in [2.45, 2.75) is 30.6 Å². The van der Waals surface area contributed by atoms with Gasteiger partial charge in [0.2, 0.25) is 15.9 Å². The fraction of sp³-hybridized carbons (Fsp3) is 0.381. The molecule has 0 saturated carbocycles. The van der Waals surface area contributed by atoms with Crippen molar-refractivity contribution in [3.63, 3.8) is 0 Å². The van der Waals surface area contributed by atoms with Crippen molar-refractivity contribution in [1.82, 2.24) is 4.31 Å². The van der Waals surface area contributed by atoms with Crippen molar-refractivity contribution >= 4 is 27.3 Å². The number of carbonyl (C=O) groups excluding carboxylic acids is 1. The lowest BCUT2D eigenvalue weighted by molar-refractivity contribution is -0.384. The molecule has 0 radical (unpaired) electrons. The third kappa shape index (κ3) is 4.17. The van der Waals surface area contributed by atoms with E-state index in [1.54, 1.807) is 11.0 Å². The molecule has 0 spiro atoms. The molecule has 4 rings (SSSR count). The van der Waals surface area contributed by atoms with Gasteiger partial charge in [-0.05, 0) is 55.5 Å². The fourth-order valence-electron chi connectivity index (χ4n) is 4.25. The lowest BCUT2D eigenvalue weighted by atomic mass is 9.95. The second-order valence-electron chi connectivity index (χ2n) is 7.82. The number of aryl methyl sites for hydroxylation is 1. The Kier molecular flexibility index (Phi) is 5.76. The summed E-state index contributed by atoms with van der Waals surface area (Å²) in [5.41, 5.74) is 1.28. The summed E-state index contributed by atoms with van der Waals surface area (Å²) in [4.78, 5) is 25.0. The van der Waals surface area contributed by atoms with E-state index < -0.39 is 26.7 Å². The number of hydrogen-bond donors (Lipinski definition) is 0. The first kappa shape index (κ1) is 21.4. The first-order valence-corrected chi connectivity index (χ1v) is 11.6. The van der Waals surface area contributed by atoms with Crippen LogP contribution < -0.4 is 4.90 Å². The normalized spacial score (nSPS) is 19.6. The van der Waals surface area contributed by atoms with Gasteiger partial charge in [-0.15, -0.1) is 0 Å². The molecule has 31 heavy (non-hydrogen) atoms. The van der Waals surface area contributed by atoms with Crippen molar-refractivity contribution in [3.8, 4) is 0 Å². The minimum atomic E-state index is -3.89. The Bertz CT molecular complexity index is 1120. The number of nitro groups is 1. The van der Waals surface area contributed by atoms with Crippen LogP contribution in [0, 0.1) is 21.8 Å². The van der Waals surface area contributed by atoms with Crippen LogP contribution in [0.3, 0.4) is 0 Å². The maximum atomic E-state index is 13.8. The van der Waals surface area contributed by atoms with E-state index in [0.29, 0.717) is 25.1 Å². The Labute approximate surface area is 179 Å². The topological polar surface area (TPSA) is 101 Å². The monoisotopic (exact) mass is 447 g/mol. The van der Waals surface area contributed by atoms with Gasteiger partial charge in [0.15, 0.2) is 0 Å². The second-order valence-corrected chi connectivity index (χ2v) is 9.76. The number of amides is 1. The van der Waals surface area contributed by atoms with Crippen LogP contribution in [-0.2, 0) is 21.2 Å². The quantitative estimate of drug-likeness (QED) is 0.530. The number of anilines is 1. The van der Waals surface area contributed by atoms with E-state index in [1.165, 1.54) is 28.6 Å². The van der Waals surface area contributed by atoms with Crippen molar-refractivity contribution < 1.29 is 22.5 Å². The van der Waals surface area contributed by atoms with Gasteiger partial charge in [0.1, 0.15) is 5.82 Å². The largest absolute Gasteiger partial charge is 0.312 e. The SMILES string of the molecule is O=C(C1CCCN(S(=O)(=O)c2ccc([N+](=O)[O-])cc2)C1)N1CCCc2ccc(F)cc21. The van der Waals surface area contributed by atoms with Crippen LogP contribution in [0.4, 0.5) is 15.8 Å². The number of rotatable bonds is 4. The predicted molar refractivity (Wildman–Crippen MR) is 112 cm³/mol. The van der Waals surface area contributed by atoms with Gasteiger partial charge < -0.3 is 4.90 Å². The van der Waals surface area contributed by atoms with Crippen LogP contribution in [0.5, 0.6) is 0 Å². The molecule has 0 bridgehead atoms. The van der Waals surface area contributed by atoms with Gasteiger partial charge in [-0.3, -0.25) is 14.9 Å². The van der Waals surface area contributed by atoms with E-state index in [0.717, 1.165) is 30.5 Å². The number of hydrogen-bond acceptors (Lipinski definition) is 5. The van der Waals surface area contributed by atoms with Crippen molar-refractivity contribution in [1.29, 1.82) is 0 Å². The van der Waals surface area contributed by atoms with E-state index in [2.05, 4.69) is 0 Å². The van der Waals surface area contributed by atoms with Gasteiger partial charge in [0, 0.05) is 37.5 Å². The molecule has 0 N–H and O–H groups in total. The summed E-state index contributed by atoms with van der Waals surface area (Å²) in [5.74, 6) is -1.14. The number of nitro benzene ring substituents is 1. The van der Waals surface area contributed by atoms with Crippen LogP contribution in [0.25, 0.3) is 0 Å². The Morgan fingerprint density at radius 2 is 1.84 bits per heavy atom. The summed E-state index contributed by atoms with van der Waals surface area (Å²) >= 11 is 0. The molecule has 2 aromatic rings. The Morgan fingerprint density at radius 3 is 2.55 bits per heavy atom. The standard InChI is InChI=1S/C21H22FN3O5S/c22-17-6-5-15-3-2-12-24(20(15)13-17)21(26)16-4-1-11-23(14-16)31(29,30)19-9-7-18(8-10-19)25(27)28/h5-10,13,16H,1-4,11-12,14H2. The first-order chi connectivity index (χ1) is 14.8. The van der Waals surface area contributed by atoms with Crippen LogP contribution in [0.1, 0.15) is 24.8 Å². The van der Waals surface area contributed by atoms with E-state index in [-0.39, 0.29) is 29.6 Å². The van der Waals surface area contributed by atoms with E-state index in [9.17, 15) is 27.7 Å². The highest BCUT2D eigenvalue weighted by molar-refractivity contribution is 7.89. The molecule has 1 amide bonds. The molecular formula is C21H22FN3O5S. The van der Waals surface area contributed by atoms with Crippen molar-refractivity contribution in [2.24, 2.45) is 5.92 Å². The minimum Gasteiger partial charge on any atom is -0.312 e. The van der Waals surface area contributed by atoms with Gasteiger partial charge in [-0.25, -0.2) is 12.8 Å². The van der Waals surface area contributed by atoms with Gasteiger partial charge in [0.05, 0.1) is 15.7 Å². The fourth-order valence-corrected chi connectivity index (χ4v) is 5.77. The van der Waals surface area contributed by atoms with Crippen LogP contribution >= 0.6 is 0 Å². The molecule has 2 heterocycles. The van der Waals surface area contributed by atoms with E-state index in [1.807, 2.05) is 0 Å². The Morgan fingerprint density at radius 1 is 1.10 bits per heavy atom. The molecule has 2 aromatic carbocycles. The molecule has 1 fully saturated rings. The zero-order valence-corrected chi connectivity index (χ0v) is 17.6. The van der Waals surface area contributed by atoms with Crippen molar-refractivity contribution in [2.75, 3.05) is 24.5 Å². The lowest BCUT2D eigenvalue weighted by Crippen LogP contribution is -2.48. The number of piperidine rings is 1. The minimum absolute atomic E-state index is 0.0271. The maximum absolute atomic E-state index is 13.8. The zero-order chi connectivity index (χ0) is 22.2. The van der Waals surface area contributed by atoms with E-state index in [4.69, 9.17) is 0 Å². The number of halogens is 1. The molecule has 2 aliphatic heterocycles. The average Bonchev–Trinajstić information content (AvgIpc) is 2.78. The molecule has 1 atom stereocenters. The van der Waals surface area contributed by atoms with Gasteiger partial charge in [-0.1, -0.05) is 6.07 Å². The molecule has 0 aromatic heterocycles. The molecule has 164 valence electrons. The van der Waals surface area contributed by atoms with Crippen LogP contribution in [0.15, 0.2) is 47.4 Å². The summed E-state index contributed by atoms with van der Waals surface area (Å²) in [6.07, 6.45) is 2.60. The van der Waals surface area contributed by atoms with Gasteiger partial charge in [0.25, 0.3) is 5.69 Å². The smallest absolute Gasteiger partial charge is 0.269 e. The second kappa shape index (κ2) is 8.35. The molecule has 8 nitrogen and oxygen atoms in total. The lowest BCUT2D eigenvalue weighted by Gasteiger charge is -2.36. The van der Waals surface area contributed by atoms with Gasteiger partial charge in [-0.2, -0.15) is 4.31 Å². The first-order valence-electron chi connectivity index (χ1n) is 10.1. The third-order valence-electron chi connectivity index (χ3n) is 5.85. The highest BCUT2D eigenvalue weighted by Crippen LogP contribution is 2.32. The number of benzene rings is 2. The van der Waals surface area contributed by atoms with E-state index >= 15 is 0 Å². The average molecular weight is 447 g/mol. The summed E-state index contributed by atoms with van der Waals surface area (Å²) < 4.78 is 41.1. The molecular weight excluding hydrogens is 425 g/mol. The summed E-state index contributed by atoms with van der Waals surface area (Å²) in [6, 6.07) is 9.16. The maximum Gasteiger partial charge on any atom is 0.269 e.